The lowest BCUT2D eigenvalue weighted by molar-refractivity contribution is -0.384. The molecule has 178 valence electrons. The van der Waals surface area contributed by atoms with Crippen molar-refractivity contribution in [2.45, 2.75) is 6.92 Å². The van der Waals surface area contributed by atoms with Crippen LogP contribution in [-0.4, -0.2) is 32.7 Å². The first kappa shape index (κ1) is 25.1. The number of halogens is 1. The van der Waals surface area contributed by atoms with Crippen LogP contribution in [0.2, 0.25) is 0 Å². The highest BCUT2D eigenvalue weighted by Gasteiger charge is 2.16. The molecular formula is C24H19BrN4O6. The van der Waals surface area contributed by atoms with E-state index in [9.17, 15) is 29.9 Å². The molecule has 0 aliphatic heterocycles. The second-order valence-electron chi connectivity index (χ2n) is 7.19. The minimum Gasteiger partial charge on any atom is -0.507 e. The van der Waals surface area contributed by atoms with E-state index < -0.39 is 16.7 Å². The third-order valence-corrected chi connectivity index (χ3v) is 5.34. The summed E-state index contributed by atoms with van der Waals surface area (Å²) in [5, 5.41) is 37.3. The van der Waals surface area contributed by atoms with Crippen LogP contribution in [0.4, 0.5) is 5.69 Å². The van der Waals surface area contributed by atoms with E-state index in [0.717, 1.165) is 6.07 Å². The van der Waals surface area contributed by atoms with Gasteiger partial charge in [0.25, 0.3) is 17.5 Å². The molecule has 10 nitrogen and oxygen atoms in total. The van der Waals surface area contributed by atoms with E-state index in [-0.39, 0.29) is 34.2 Å². The van der Waals surface area contributed by atoms with Crippen LogP contribution in [0, 0.1) is 10.1 Å². The molecule has 0 atom stereocenters. The standard InChI is InChI=1S/C24H19BrN4O6/c1-14(18-12-19(25)22(31)13-21(18)30)27-28-24(33)20(26-23(32)16-7-3-2-4-8-16)11-15-6-5-9-17(10-15)29(34)35/h2-13,30-31H,1H3,(H,26,32)(H,28,33)/b20-11-,27-14-. The SMILES string of the molecule is C/C(=N/NC(=O)/C(=C/c1cccc([N+](=O)[O-])c1)NC(=O)c1ccccc1)c1cc(Br)c(O)cc1O. The number of nitrogens with one attached hydrogen (secondary N) is 2. The molecule has 0 saturated carbocycles. The van der Waals surface area contributed by atoms with Crippen LogP contribution >= 0.6 is 15.9 Å². The largest absolute Gasteiger partial charge is 0.507 e. The van der Waals surface area contributed by atoms with Crippen LogP contribution in [0.1, 0.15) is 28.4 Å². The van der Waals surface area contributed by atoms with Gasteiger partial charge in [-0.2, -0.15) is 5.10 Å². The summed E-state index contributed by atoms with van der Waals surface area (Å²) in [5.74, 6) is -1.81. The maximum atomic E-state index is 12.9. The number of phenolic OH excluding ortho intramolecular Hbond substituents is 2. The fraction of sp³-hybridized carbons (Fsp3) is 0.0417. The van der Waals surface area contributed by atoms with Gasteiger partial charge < -0.3 is 15.5 Å². The van der Waals surface area contributed by atoms with Crippen molar-refractivity contribution in [3.63, 3.8) is 0 Å². The maximum absolute atomic E-state index is 12.9. The number of carbonyl (C=O) groups excluding carboxylic acids is 2. The molecule has 0 aliphatic carbocycles. The predicted octanol–water partition coefficient (Wildman–Crippen LogP) is 4.08. The summed E-state index contributed by atoms with van der Waals surface area (Å²) in [6.45, 7) is 1.52. The molecule has 3 aromatic carbocycles. The molecule has 2 amide bonds. The number of nitrogens with zero attached hydrogens (tertiary/aromatic N) is 2. The monoisotopic (exact) mass is 538 g/mol. The van der Waals surface area contributed by atoms with E-state index in [1.54, 1.807) is 30.3 Å². The van der Waals surface area contributed by atoms with Crippen molar-refractivity contribution in [2.75, 3.05) is 0 Å². The number of carbonyl (C=O) groups is 2. The van der Waals surface area contributed by atoms with Crippen molar-refractivity contribution < 1.29 is 24.7 Å². The van der Waals surface area contributed by atoms with Crippen molar-refractivity contribution in [3.05, 3.63) is 104 Å². The third kappa shape index (κ3) is 6.51. The molecule has 0 heterocycles. The van der Waals surface area contributed by atoms with Crippen molar-refractivity contribution in [3.8, 4) is 11.5 Å². The van der Waals surface area contributed by atoms with Crippen LogP contribution in [0.25, 0.3) is 6.08 Å². The third-order valence-electron chi connectivity index (χ3n) is 4.70. The fourth-order valence-electron chi connectivity index (χ4n) is 2.93. The predicted molar refractivity (Wildman–Crippen MR) is 133 cm³/mol. The molecule has 0 aliphatic rings. The topological polar surface area (TPSA) is 154 Å². The van der Waals surface area contributed by atoms with E-state index in [4.69, 9.17) is 0 Å². The van der Waals surface area contributed by atoms with Gasteiger partial charge in [-0.25, -0.2) is 5.43 Å². The minimum atomic E-state index is -0.808. The Bertz CT molecular complexity index is 1360. The van der Waals surface area contributed by atoms with Crippen molar-refractivity contribution >= 4 is 45.2 Å². The quantitative estimate of drug-likeness (QED) is 0.154. The van der Waals surface area contributed by atoms with E-state index in [1.807, 2.05) is 0 Å². The summed E-state index contributed by atoms with van der Waals surface area (Å²) < 4.78 is 0.313. The highest BCUT2D eigenvalue weighted by atomic mass is 79.9. The Morgan fingerprint density at radius 1 is 1.03 bits per heavy atom. The first-order chi connectivity index (χ1) is 16.7. The number of rotatable bonds is 7. The first-order valence-corrected chi connectivity index (χ1v) is 10.8. The Kier molecular flexibility index (Phi) is 7.95. The summed E-state index contributed by atoms with van der Waals surface area (Å²) in [4.78, 5) is 36.1. The highest BCUT2D eigenvalue weighted by molar-refractivity contribution is 9.10. The number of non-ortho nitro benzene ring substituents is 1. The lowest BCUT2D eigenvalue weighted by Gasteiger charge is -2.11. The number of nitro groups is 1. The lowest BCUT2D eigenvalue weighted by Crippen LogP contribution is -2.33. The number of benzene rings is 3. The number of aromatic hydroxyl groups is 2. The number of nitro benzene ring substituents is 1. The zero-order valence-corrected chi connectivity index (χ0v) is 19.8. The normalized spacial score (nSPS) is 11.6. The van der Waals surface area contributed by atoms with Gasteiger partial charge in [-0.3, -0.25) is 19.7 Å². The van der Waals surface area contributed by atoms with Gasteiger partial charge >= 0.3 is 0 Å². The minimum absolute atomic E-state index is 0.172. The lowest BCUT2D eigenvalue weighted by atomic mass is 10.1. The second kappa shape index (κ2) is 11.1. The van der Waals surface area contributed by atoms with Crippen molar-refractivity contribution in [1.29, 1.82) is 0 Å². The highest BCUT2D eigenvalue weighted by Crippen LogP contribution is 2.31. The summed E-state index contributed by atoms with van der Waals surface area (Å²) in [6.07, 6.45) is 1.28. The Morgan fingerprint density at radius 2 is 1.74 bits per heavy atom. The van der Waals surface area contributed by atoms with Gasteiger partial charge in [-0.1, -0.05) is 30.3 Å². The molecule has 0 spiro atoms. The van der Waals surface area contributed by atoms with Crippen molar-refractivity contribution in [1.82, 2.24) is 10.7 Å². The van der Waals surface area contributed by atoms with Crippen LogP contribution in [-0.2, 0) is 4.79 Å². The van der Waals surface area contributed by atoms with Gasteiger partial charge in [0.15, 0.2) is 0 Å². The molecule has 4 N–H and O–H groups in total. The molecular weight excluding hydrogens is 520 g/mol. The second-order valence-corrected chi connectivity index (χ2v) is 8.04. The van der Waals surface area contributed by atoms with Crippen LogP contribution in [0.5, 0.6) is 11.5 Å². The average molecular weight is 539 g/mol. The Labute approximate surface area is 207 Å². The van der Waals surface area contributed by atoms with Crippen LogP contribution in [0.15, 0.2) is 82.0 Å². The molecule has 35 heavy (non-hydrogen) atoms. The Hall–Kier alpha value is -4.51. The zero-order valence-electron chi connectivity index (χ0n) is 18.2. The number of phenols is 2. The number of hydrazone groups is 1. The molecule has 0 radical (unpaired) electrons. The van der Waals surface area contributed by atoms with E-state index in [0.29, 0.717) is 15.6 Å². The van der Waals surface area contributed by atoms with E-state index in [2.05, 4.69) is 31.8 Å². The maximum Gasteiger partial charge on any atom is 0.287 e. The molecule has 0 bridgehead atoms. The first-order valence-electron chi connectivity index (χ1n) is 10.0. The van der Waals surface area contributed by atoms with Gasteiger partial charge in [0.2, 0.25) is 0 Å². The summed E-state index contributed by atoms with van der Waals surface area (Å²) in [5.41, 5.74) is 2.95. The van der Waals surface area contributed by atoms with Gasteiger partial charge in [0.05, 0.1) is 15.1 Å². The van der Waals surface area contributed by atoms with Gasteiger partial charge in [0.1, 0.15) is 17.2 Å². The van der Waals surface area contributed by atoms with Crippen LogP contribution < -0.4 is 10.7 Å². The summed E-state index contributed by atoms with van der Waals surface area (Å²) in [7, 11) is 0. The molecule has 0 saturated heterocycles. The number of hydrogen-bond acceptors (Lipinski definition) is 7. The summed E-state index contributed by atoms with van der Waals surface area (Å²) in [6, 6.07) is 16.3. The molecule has 3 rings (SSSR count). The number of hydrogen-bond donors (Lipinski definition) is 4. The van der Waals surface area contributed by atoms with Gasteiger partial charge in [-0.15, -0.1) is 0 Å². The van der Waals surface area contributed by atoms with Crippen molar-refractivity contribution in [2.24, 2.45) is 5.10 Å². The number of amides is 2. The molecule has 3 aromatic rings. The molecule has 11 heteroatoms. The Morgan fingerprint density at radius 3 is 2.43 bits per heavy atom. The van der Waals surface area contributed by atoms with Gasteiger partial charge in [0, 0.05) is 29.3 Å². The molecule has 0 unspecified atom stereocenters. The molecule has 0 fully saturated rings. The van der Waals surface area contributed by atoms with Crippen LogP contribution in [0.3, 0.4) is 0 Å². The van der Waals surface area contributed by atoms with Gasteiger partial charge in [-0.05, 0) is 52.7 Å². The van der Waals surface area contributed by atoms with E-state index >= 15 is 0 Å². The average Bonchev–Trinajstić information content (AvgIpc) is 2.84. The fourth-order valence-corrected chi connectivity index (χ4v) is 3.28. The smallest absolute Gasteiger partial charge is 0.287 e. The summed E-state index contributed by atoms with van der Waals surface area (Å²) >= 11 is 3.15. The molecule has 0 aromatic heterocycles. The Balaban J connectivity index is 1.92. The van der Waals surface area contributed by atoms with E-state index in [1.165, 1.54) is 43.3 Å². The zero-order chi connectivity index (χ0) is 25.5.